The quantitative estimate of drug-likeness (QED) is 0.654. The maximum absolute atomic E-state index is 15.4. The number of carbonyl (C=O) groups excluding carboxylic acids is 1. The molecule has 1 saturated heterocycles. The van der Waals surface area contributed by atoms with Crippen molar-refractivity contribution in [3.63, 3.8) is 0 Å². The van der Waals surface area contributed by atoms with Crippen molar-refractivity contribution in [1.82, 2.24) is 9.30 Å². The third kappa shape index (κ3) is 4.83. The van der Waals surface area contributed by atoms with Gasteiger partial charge < -0.3 is 19.6 Å². The number of hydrogen-bond donors (Lipinski definition) is 1. The van der Waals surface area contributed by atoms with Gasteiger partial charge in [0, 0.05) is 13.1 Å². The van der Waals surface area contributed by atoms with Gasteiger partial charge in [-0.1, -0.05) is 0 Å². The second kappa shape index (κ2) is 9.13. The number of rotatable bonds is 6. The Morgan fingerprint density at radius 2 is 1.94 bits per heavy atom. The minimum absolute atomic E-state index is 0.119. The minimum Gasteiger partial charge on any atom is -0.477 e. The summed E-state index contributed by atoms with van der Waals surface area (Å²) in [5, 5.41) is 9.47. The molecule has 2 fully saturated rings. The summed E-state index contributed by atoms with van der Waals surface area (Å²) in [6.07, 6.45) is 2.70. The first kappa shape index (κ1) is 24.9. The fourth-order valence-electron chi connectivity index (χ4n) is 4.92. The highest BCUT2D eigenvalue weighted by Crippen LogP contribution is 2.44. The van der Waals surface area contributed by atoms with Gasteiger partial charge in [-0.15, -0.1) is 0 Å². The Bertz CT molecular complexity index is 1230. The predicted octanol–water partition coefficient (Wildman–Crippen LogP) is 4.11. The molecule has 0 unspecified atom stereocenters. The molecular weight excluding hydrogens is 460 g/mol. The number of aromatic carboxylic acids is 1. The van der Waals surface area contributed by atoms with E-state index in [0.717, 1.165) is 29.0 Å². The zero-order chi connectivity index (χ0) is 25.7. The summed E-state index contributed by atoms with van der Waals surface area (Å²) >= 11 is 0. The van der Waals surface area contributed by atoms with Gasteiger partial charge in [-0.25, -0.2) is 18.4 Å². The standard InChI is InChI=1S/C25H31F2N3O5/c1-14-20-17(15-5-6-15)11-18(23(32)33)22(31)30(20)13-19(27)21(14)28-9-7-16(12-28)29(10-8-26)24(34)35-25(2,3)4/h11,13,15-16H,5-10,12H2,1-4H3,(H,32,33)/t16-/m0/s1. The van der Waals surface area contributed by atoms with E-state index < -0.39 is 35.7 Å². The molecule has 1 N–H and O–H groups in total. The number of fused-ring (bicyclic) bond motifs is 1. The Hall–Kier alpha value is -3.17. The third-order valence-electron chi connectivity index (χ3n) is 6.56. The van der Waals surface area contributed by atoms with Gasteiger partial charge in [-0.3, -0.25) is 9.20 Å². The van der Waals surface area contributed by atoms with Gasteiger partial charge in [0.15, 0.2) is 5.82 Å². The van der Waals surface area contributed by atoms with Crippen molar-refractivity contribution in [1.29, 1.82) is 0 Å². The average molecular weight is 492 g/mol. The lowest BCUT2D eigenvalue weighted by molar-refractivity contribution is 0.0165. The van der Waals surface area contributed by atoms with Gasteiger partial charge in [-0.05, 0) is 70.1 Å². The number of pyridine rings is 2. The monoisotopic (exact) mass is 491 g/mol. The maximum Gasteiger partial charge on any atom is 0.410 e. The molecule has 1 aliphatic carbocycles. The number of halogens is 2. The molecular formula is C25H31F2N3O5. The predicted molar refractivity (Wildman–Crippen MR) is 127 cm³/mol. The molecule has 1 aliphatic heterocycles. The van der Waals surface area contributed by atoms with Crippen LogP contribution in [0.2, 0.25) is 0 Å². The highest BCUT2D eigenvalue weighted by atomic mass is 19.1. The molecule has 0 aromatic carbocycles. The van der Waals surface area contributed by atoms with Gasteiger partial charge in [0.1, 0.15) is 17.8 Å². The fraction of sp³-hybridized carbons (Fsp3) is 0.560. The lowest BCUT2D eigenvalue weighted by atomic mass is 10.0. The number of carboxylic acid groups (broad SMARTS) is 1. The van der Waals surface area contributed by atoms with Crippen LogP contribution in [0.15, 0.2) is 17.1 Å². The van der Waals surface area contributed by atoms with Gasteiger partial charge >= 0.3 is 12.1 Å². The molecule has 2 aliphatic rings. The molecule has 8 nitrogen and oxygen atoms in total. The summed E-state index contributed by atoms with van der Waals surface area (Å²) in [5.74, 6) is -1.87. The fourth-order valence-corrected chi connectivity index (χ4v) is 4.92. The van der Waals surface area contributed by atoms with E-state index >= 15 is 4.39 Å². The molecule has 1 atom stereocenters. The third-order valence-corrected chi connectivity index (χ3v) is 6.56. The van der Waals surface area contributed by atoms with Gasteiger partial charge in [0.05, 0.1) is 30.0 Å². The number of aromatic nitrogens is 1. The van der Waals surface area contributed by atoms with Crippen molar-refractivity contribution in [2.75, 3.05) is 31.2 Å². The van der Waals surface area contributed by atoms with E-state index in [1.165, 1.54) is 11.0 Å². The van der Waals surface area contributed by atoms with Crippen LogP contribution in [0, 0.1) is 12.7 Å². The van der Waals surface area contributed by atoms with E-state index in [4.69, 9.17) is 4.74 Å². The number of carbonyl (C=O) groups is 2. The highest BCUT2D eigenvalue weighted by molar-refractivity contribution is 5.89. The summed E-state index contributed by atoms with van der Waals surface area (Å²) < 4.78 is 35.3. The summed E-state index contributed by atoms with van der Waals surface area (Å²) in [4.78, 5) is 40.3. The van der Waals surface area contributed by atoms with Crippen LogP contribution in [0.1, 0.15) is 67.4 Å². The number of ether oxygens (including phenoxy) is 1. The SMILES string of the molecule is Cc1c(N2CC[C@H](N(CCF)C(=O)OC(C)(C)C)C2)c(F)cn2c(=O)c(C(=O)O)cc(C3CC3)c12. The Kier molecular flexibility index (Phi) is 6.50. The van der Waals surface area contributed by atoms with Crippen LogP contribution in [-0.2, 0) is 4.74 Å². The Labute approximate surface area is 202 Å². The van der Waals surface area contributed by atoms with Crippen LogP contribution in [0.25, 0.3) is 5.52 Å². The Balaban J connectivity index is 1.72. The van der Waals surface area contributed by atoms with E-state index in [0.29, 0.717) is 29.7 Å². The number of hydrogen-bond acceptors (Lipinski definition) is 5. The first-order chi connectivity index (χ1) is 16.4. The van der Waals surface area contributed by atoms with Gasteiger partial charge in [0.25, 0.3) is 5.56 Å². The molecule has 2 aromatic rings. The highest BCUT2D eigenvalue weighted by Gasteiger charge is 2.36. The van der Waals surface area contributed by atoms with Crippen molar-refractivity contribution < 1.29 is 28.2 Å². The summed E-state index contributed by atoms with van der Waals surface area (Å²) in [5.41, 5.74) is 0.212. The minimum atomic E-state index is -1.34. The molecule has 0 radical (unpaired) electrons. The first-order valence-electron chi connectivity index (χ1n) is 11.8. The smallest absolute Gasteiger partial charge is 0.410 e. The van der Waals surface area contributed by atoms with Crippen LogP contribution >= 0.6 is 0 Å². The molecule has 10 heteroatoms. The molecule has 1 saturated carbocycles. The molecule has 0 spiro atoms. The molecule has 190 valence electrons. The molecule has 2 aromatic heterocycles. The molecule has 1 amide bonds. The Morgan fingerprint density at radius 1 is 1.26 bits per heavy atom. The van der Waals surface area contributed by atoms with Crippen molar-refractivity contribution >= 4 is 23.3 Å². The molecule has 4 rings (SSSR count). The van der Waals surface area contributed by atoms with Crippen molar-refractivity contribution in [2.45, 2.75) is 64.5 Å². The number of nitrogens with zero attached hydrogens (tertiary/aromatic N) is 3. The van der Waals surface area contributed by atoms with Crippen LogP contribution in [0.4, 0.5) is 19.3 Å². The van der Waals surface area contributed by atoms with Crippen LogP contribution in [0.3, 0.4) is 0 Å². The van der Waals surface area contributed by atoms with Crippen LogP contribution < -0.4 is 10.5 Å². The van der Waals surface area contributed by atoms with Gasteiger partial charge in [0.2, 0.25) is 0 Å². The zero-order valence-corrected chi connectivity index (χ0v) is 20.4. The van der Waals surface area contributed by atoms with E-state index in [2.05, 4.69) is 0 Å². The summed E-state index contributed by atoms with van der Waals surface area (Å²) in [6.45, 7) is 6.81. The van der Waals surface area contributed by atoms with E-state index in [-0.39, 0.29) is 30.6 Å². The average Bonchev–Trinajstić information content (AvgIpc) is 3.49. The maximum atomic E-state index is 15.4. The first-order valence-corrected chi connectivity index (χ1v) is 11.8. The van der Waals surface area contributed by atoms with Gasteiger partial charge in [-0.2, -0.15) is 0 Å². The lowest BCUT2D eigenvalue weighted by Crippen LogP contribution is -2.45. The zero-order valence-electron chi connectivity index (χ0n) is 20.4. The van der Waals surface area contributed by atoms with Crippen molar-refractivity contribution in [3.05, 3.63) is 45.1 Å². The molecule has 35 heavy (non-hydrogen) atoms. The number of alkyl halides is 1. The summed E-state index contributed by atoms with van der Waals surface area (Å²) in [7, 11) is 0. The second-order valence-corrected chi connectivity index (χ2v) is 10.3. The van der Waals surface area contributed by atoms with E-state index in [1.807, 2.05) is 0 Å². The number of carboxylic acids is 1. The molecule has 0 bridgehead atoms. The number of aryl methyl sites for hydroxylation is 1. The van der Waals surface area contributed by atoms with Crippen molar-refractivity contribution in [3.8, 4) is 0 Å². The van der Waals surface area contributed by atoms with Crippen LogP contribution in [-0.4, -0.2) is 64.4 Å². The van der Waals surface area contributed by atoms with Crippen LogP contribution in [0.5, 0.6) is 0 Å². The lowest BCUT2D eigenvalue weighted by Gasteiger charge is -2.31. The Morgan fingerprint density at radius 3 is 2.51 bits per heavy atom. The second-order valence-electron chi connectivity index (χ2n) is 10.3. The molecule has 3 heterocycles. The topological polar surface area (TPSA) is 91.6 Å². The largest absolute Gasteiger partial charge is 0.477 e. The normalized spacial score (nSPS) is 18.2. The van der Waals surface area contributed by atoms with Crippen molar-refractivity contribution in [2.24, 2.45) is 0 Å². The van der Waals surface area contributed by atoms with E-state index in [1.54, 1.807) is 32.6 Å². The summed E-state index contributed by atoms with van der Waals surface area (Å²) in [6, 6.07) is 1.06. The van der Waals surface area contributed by atoms with E-state index in [9.17, 15) is 23.9 Å². The number of amides is 1. The number of anilines is 1.